The summed E-state index contributed by atoms with van der Waals surface area (Å²) in [6.07, 6.45) is 5.52. The van der Waals surface area contributed by atoms with E-state index in [9.17, 15) is 9.59 Å². The first-order valence-electron chi connectivity index (χ1n) is 3.21. The summed E-state index contributed by atoms with van der Waals surface area (Å²) in [7, 11) is 1.32. The van der Waals surface area contributed by atoms with Crippen molar-refractivity contribution < 1.29 is 14.3 Å². The summed E-state index contributed by atoms with van der Waals surface area (Å²) in [5.41, 5.74) is 0.528. The largest absolute Gasteiger partial charge is 0.468 e. The molecule has 0 radical (unpaired) electrons. The van der Waals surface area contributed by atoms with Crippen molar-refractivity contribution in [3.8, 4) is 0 Å². The van der Waals surface area contributed by atoms with Gasteiger partial charge in [0.15, 0.2) is 0 Å². The molecule has 11 heavy (non-hydrogen) atoms. The van der Waals surface area contributed by atoms with Crippen LogP contribution in [0.5, 0.6) is 0 Å². The van der Waals surface area contributed by atoms with Crippen LogP contribution in [0.1, 0.15) is 0 Å². The summed E-state index contributed by atoms with van der Waals surface area (Å²) in [6.45, 7) is 0. The van der Waals surface area contributed by atoms with Crippen LogP contribution in [0.3, 0.4) is 0 Å². The molecule has 1 aliphatic rings. The van der Waals surface area contributed by atoms with Crippen LogP contribution in [0.15, 0.2) is 23.8 Å². The lowest BCUT2D eigenvalue weighted by Crippen LogP contribution is -2.09. The van der Waals surface area contributed by atoms with Gasteiger partial charge >= 0.3 is 5.97 Å². The quantitative estimate of drug-likeness (QED) is 0.426. The van der Waals surface area contributed by atoms with Gasteiger partial charge in [-0.2, -0.15) is 0 Å². The van der Waals surface area contributed by atoms with Crippen LogP contribution in [-0.4, -0.2) is 19.4 Å². The minimum Gasteiger partial charge on any atom is -0.468 e. The average molecular weight is 152 g/mol. The molecule has 1 unspecified atom stereocenters. The highest BCUT2D eigenvalue weighted by Gasteiger charge is 2.17. The Morgan fingerprint density at radius 2 is 2.45 bits per heavy atom. The zero-order valence-electron chi connectivity index (χ0n) is 6.11. The van der Waals surface area contributed by atoms with Crippen LogP contribution in [0.2, 0.25) is 0 Å². The molecule has 0 saturated carbocycles. The number of allylic oxidation sites excluding steroid dienone is 2. The molecule has 1 atom stereocenters. The minimum absolute atomic E-state index is 0.335. The van der Waals surface area contributed by atoms with E-state index in [0.717, 1.165) is 0 Å². The Labute approximate surface area is 64.3 Å². The number of methoxy groups -OCH3 is 1. The van der Waals surface area contributed by atoms with Crippen molar-refractivity contribution in [3.05, 3.63) is 23.8 Å². The van der Waals surface area contributed by atoms with Crippen molar-refractivity contribution in [2.45, 2.75) is 0 Å². The lowest BCUT2D eigenvalue weighted by Gasteiger charge is -1.99. The molecule has 0 aromatic heterocycles. The molecule has 58 valence electrons. The van der Waals surface area contributed by atoms with Crippen molar-refractivity contribution in [1.82, 2.24) is 0 Å². The van der Waals surface area contributed by atoms with Crippen molar-refractivity contribution in [1.29, 1.82) is 0 Å². The van der Waals surface area contributed by atoms with Crippen LogP contribution in [-0.2, 0) is 14.3 Å². The number of aldehydes is 1. The number of ether oxygens (including phenoxy) is 1. The van der Waals surface area contributed by atoms with Crippen molar-refractivity contribution in [3.63, 3.8) is 0 Å². The first-order valence-corrected chi connectivity index (χ1v) is 3.21. The van der Waals surface area contributed by atoms with Crippen molar-refractivity contribution in [2.75, 3.05) is 7.11 Å². The van der Waals surface area contributed by atoms with Crippen molar-refractivity contribution >= 4 is 12.3 Å². The average Bonchev–Trinajstić information content (AvgIpc) is 2.50. The lowest BCUT2D eigenvalue weighted by atomic mass is 10.2. The summed E-state index contributed by atoms with van der Waals surface area (Å²) < 4.78 is 4.48. The Morgan fingerprint density at radius 1 is 1.73 bits per heavy atom. The minimum atomic E-state index is -0.375. The van der Waals surface area contributed by atoms with E-state index in [1.165, 1.54) is 7.11 Å². The maximum absolute atomic E-state index is 10.8. The van der Waals surface area contributed by atoms with Gasteiger partial charge in [-0.25, -0.2) is 0 Å². The Hall–Kier alpha value is -1.38. The van der Waals surface area contributed by atoms with Crippen LogP contribution < -0.4 is 0 Å². The zero-order valence-corrected chi connectivity index (χ0v) is 6.11. The maximum Gasteiger partial charge on any atom is 0.316 e. The maximum atomic E-state index is 10.8. The molecule has 0 aromatic carbocycles. The molecule has 0 aromatic rings. The Kier molecular flexibility index (Phi) is 2.21. The molecule has 0 fully saturated rings. The summed E-state index contributed by atoms with van der Waals surface area (Å²) in [5.74, 6) is -0.710. The molecule has 1 aliphatic carbocycles. The highest BCUT2D eigenvalue weighted by atomic mass is 16.5. The number of esters is 1. The van der Waals surface area contributed by atoms with Gasteiger partial charge in [-0.05, 0) is 0 Å². The van der Waals surface area contributed by atoms with E-state index in [1.807, 2.05) is 0 Å². The first kappa shape index (κ1) is 7.72. The molecule has 3 nitrogen and oxygen atoms in total. The second kappa shape index (κ2) is 3.14. The van der Waals surface area contributed by atoms with E-state index in [1.54, 1.807) is 18.2 Å². The predicted octanol–water partition coefficient (Wildman–Crippen LogP) is 0.471. The molecule has 0 saturated heterocycles. The normalized spacial score (nSPS) is 21.2. The Morgan fingerprint density at radius 3 is 2.91 bits per heavy atom. The summed E-state index contributed by atoms with van der Waals surface area (Å²) in [6, 6.07) is 0. The highest BCUT2D eigenvalue weighted by Crippen LogP contribution is 2.15. The topological polar surface area (TPSA) is 43.4 Å². The molecule has 0 heterocycles. The van der Waals surface area contributed by atoms with Gasteiger partial charge in [0.1, 0.15) is 6.29 Å². The van der Waals surface area contributed by atoms with Crippen LogP contribution >= 0.6 is 0 Å². The van der Waals surface area contributed by atoms with Gasteiger partial charge in [-0.1, -0.05) is 18.2 Å². The second-order valence-corrected chi connectivity index (χ2v) is 2.19. The molecule has 0 N–H and O–H groups in total. The van der Waals surface area contributed by atoms with Crippen LogP contribution in [0, 0.1) is 5.92 Å². The van der Waals surface area contributed by atoms with E-state index in [0.29, 0.717) is 11.9 Å². The number of carbonyl (C=O) groups is 2. The van der Waals surface area contributed by atoms with Crippen LogP contribution in [0.25, 0.3) is 0 Å². The monoisotopic (exact) mass is 152 g/mol. The molecule has 0 bridgehead atoms. The Balaban J connectivity index is 2.68. The molecule has 0 aliphatic heterocycles. The van der Waals surface area contributed by atoms with Gasteiger partial charge in [0.25, 0.3) is 0 Å². The van der Waals surface area contributed by atoms with Gasteiger partial charge in [-0.3, -0.25) is 9.59 Å². The summed E-state index contributed by atoms with van der Waals surface area (Å²) in [4.78, 5) is 21.0. The van der Waals surface area contributed by atoms with E-state index < -0.39 is 0 Å². The van der Waals surface area contributed by atoms with E-state index in [-0.39, 0.29) is 11.9 Å². The van der Waals surface area contributed by atoms with Crippen LogP contribution in [0.4, 0.5) is 0 Å². The number of carbonyl (C=O) groups excluding carboxylic acids is 2. The molecule has 0 spiro atoms. The zero-order chi connectivity index (χ0) is 8.27. The van der Waals surface area contributed by atoms with E-state index >= 15 is 0 Å². The Bertz CT molecular complexity index is 238. The predicted molar refractivity (Wildman–Crippen MR) is 38.8 cm³/mol. The standard InChI is InChI=1S/C8H8O3/c1-11-8(10)7-3-2-6(4-7)5-9/h2-5,7H,1H3. The number of rotatable bonds is 2. The van der Waals surface area contributed by atoms with E-state index in [2.05, 4.69) is 4.74 Å². The number of hydrogen-bond acceptors (Lipinski definition) is 3. The fraction of sp³-hybridized carbons (Fsp3) is 0.250. The molecule has 0 amide bonds. The third-order valence-corrected chi connectivity index (χ3v) is 1.48. The van der Waals surface area contributed by atoms with Gasteiger partial charge in [0, 0.05) is 5.57 Å². The summed E-state index contributed by atoms with van der Waals surface area (Å²) >= 11 is 0. The molecule has 1 rings (SSSR count). The smallest absolute Gasteiger partial charge is 0.316 e. The molecular weight excluding hydrogens is 144 g/mol. The fourth-order valence-corrected chi connectivity index (χ4v) is 0.894. The highest BCUT2D eigenvalue weighted by molar-refractivity contribution is 5.85. The first-order chi connectivity index (χ1) is 5.27. The van der Waals surface area contributed by atoms with E-state index in [4.69, 9.17) is 0 Å². The second-order valence-electron chi connectivity index (χ2n) is 2.19. The van der Waals surface area contributed by atoms with Crippen molar-refractivity contribution in [2.24, 2.45) is 5.92 Å². The van der Waals surface area contributed by atoms with Gasteiger partial charge < -0.3 is 4.74 Å². The lowest BCUT2D eigenvalue weighted by molar-refractivity contribution is -0.142. The summed E-state index contributed by atoms with van der Waals surface area (Å²) in [5, 5.41) is 0. The third kappa shape index (κ3) is 1.55. The third-order valence-electron chi connectivity index (χ3n) is 1.48. The number of hydrogen-bond donors (Lipinski definition) is 0. The molecule has 3 heteroatoms. The molecular formula is C8H8O3. The SMILES string of the molecule is COC(=O)C1C=CC(C=O)=C1. The fourth-order valence-electron chi connectivity index (χ4n) is 0.894. The van der Waals surface area contributed by atoms with Gasteiger partial charge in [0.05, 0.1) is 13.0 Å². The van der Waals surface area contributed by atoms with Gasteiger partial charge in [0.2, 0.25) is 0 Å². The van der Waals surface area contributed by atoms with Gasteiger partial charge in [-0.15, -0.1) is 0 Å².